The van der Waals surface area contributed by atoms with Gasteiger partial charge in [0.25, 0.3) is 0 Å². The lowest BCUT2D eigenvalue weighted by molar-refractivity contribution is 0.0694. The Morgan fingerprint density at radius 3 is 2.39 bits per heavy atom. The third-order valence-electron chi connectivity index (χ3n) is 5.75. The molecule has 0 saturated carbocycles. The highest BCUT2D eigenvalue weighted by atomic mass is 35.5. The first-order valence-electron chi connectivity index (χ1n) is 11.3. The van der Waals surface area contributed by atoms with Crippen molar-refractivity contribution in [2.45, 2.75) is 45.6 Å². The molecule has 0 aliphatic carbocycles. The molecule has 1 aliphatic heterocycles. The summed E-state index contributed by atoms with van der Waals surface area (Å²) in [5.74, 6) is 1.30. The van der Waals surface area contributed by atoms with Crippen LogP contribution in [0.1, 0.15) is 36.8 Å². The monoisotopic (exact) mass is 473 g/mol. The Balaban J connectivity index is 0.00000306. The Bertz CT molecular complexity index is 1100. The molecule has 4 rings (SSSR count). The van der Waals surface area contributed by atoms with Gasteiger partial charge >= 0.3 is 0 Å². The predicted octanol–water partition coefficient (Wildman–Crippen LogP) is 5.24. The van der Waals surface area contributed by atoms with Crippen molar-refractivity contribution in [3.8, 4) is 17.2 Å². The first-order valence-corrected chi connectivity index (χ1v) is 11.3. The smallest absolute Gasteiger partial charge is 0.235 e. The Morgan fingerprint density at radius 1 is 1.00 bits per heavy atom. The first kappa shape index (κ1) is 25.1. The molecule has 1 saturated heterocycles. The molecule has 6 nitrogen and oxygen atoms in total. The van der Waals surface area contributed by atoms with Crippen LogP contribution in [0.2, 0.25) is 0 Å². The maximum atomic E-state index is 12.9. The molecule has 1 atom stereocenters. The second-order valence-electron chi connectivity index (χ2n) is 8.69. The molecule has 1 aliphatic rings. The Hall–Kier alpha value is -2.54. The zero-order valence-electron chi connectivity index (χ0n) is 19.2. The molecule has 0 spiro atoms. The van der Waals surface area contributed by atoms with Crippen LogP contribution in [-0.4, -0.2) is 42.4 Å². The van der Waals surface area contributed by atoms with Crippen molar-refractivity contribution in [3.63, 3.8) is 0 Å². The number of rotatable bonds is 7. The fraction of sp³-hybridized carbons (Fsp3) is 0.423. The van der Waals surface area contributed by atoms with Gasteiger partial charge in [0, 0.05) is 12.6 Å². The number of β-amino-alcohol motifs (C(OH)–C–C–N with tert-alkyl or cyclic N) is 1. The zero-order valence-corrected chi connectivity index (χ0v) is 20.0. The molecule has 1 unspecified atom stereocenters. The molecular weight excluding hydrogens is 442 g/mol. The van der Waals surface area contributed by atoms with Crippen LogP contribution < -0.4 is 14.9 Å². The number of fused-ring (bicyclic) bond motifs is 1. The Labute approximate surface area is 200 Å². The standard InChI is InChI=1S/C26H31NO5.ClH/c1-18-11-19(2)13-22(12-18)32-25-17-31-24-14-21(7-8-23(24)26(25)29)30-16-20(28)15-27-9-5-3-4-6-10-27;/h7-8,11-14,17,20,28H,3-6,9-10,15-16H2,1-2H3;1H. The van der Waals surface area contributed by atoms with E-state index in [9.17, 15) is 9.90 Å². The summed E-state index contributed by atoms with van der Waals surface area (Å²) in [4.78, 5) is 15.2. The number of ether oxygens (including phenoxy) is 2. The highest BCUT2D eigenvalue weighted by molar-refractivity contribution is 5.85. The van der Waals surface area contributed by atoms with Crippen LogP contribution >= 0.6 is 12.4 Å². The van der Waals surface area contributed by atoms with Gasteiger partial charge in [-0.3, -0.25) is 4.79 Å². The van der Waals surface area contributed by atoms with Gasteiger partial charge in [-0.2, -0.15) is 0 Å². The molecule has 0 bridgehead atoms. The number of likely N-dealkylation sites (tertiary alicyclic amines) is 1. The van der Waals surface area contributed by atoms with Gasteiger partial charge in [-0.15, -0.1) is 12.4 Å². The summed E-state index contributed by atoms with van der Waals surface area (Å²) in [7, 11) is 0. The van der Waals surface area contributed by atoms with Crippen LogP contribution in [0.3, 0.4) is 0 Å². The number of hydrogen-bond donors (Lipinski definition) is 1. The molecule has 178 valence electrons. The maximum absolute atomic E-state index is 12.9. The number of aliphatic hydroxyl groups excluding tert-OH is 1. The van der Waals surface area contributed by atoms with Gasteiger partial charge in [0.1, 0.15) is 36.1 Å². The second kappa shape index (κ2) is 11.5. The van der Waals surface area contributed by atoms with Crippen molar-refractivity contribution in [1.29, 1.82) is 0 Å². The second-order valence-corrected chi connectivity index (χ2v) is 8.69. The average Bonchev–Trinajstić information content (AvgIpc) is 3.02. The summed E-state index contributed by atoms with van der Waals surface area (Å²) in [6.07, 6.45) is 5.68. The van der Waals surface area contributed by atoms with Crippen LogP contribution in [-0.2, 0) is 0 Å². The number of benzene rings is 2. The van der Waals surface area contributed by atoms with E-state index >= 15 is 0 Å². The summed E-state index contributed by atoms with van der Waals surface area (Å²) in [6, 6.07) is 10.9. The molecule has 2 heterocycles. The van der Waals surface area contributed by atoms with E-state index in [1.54, 1.807) is 18.2 Å². The van der Waals surface area contributed by atoms with E-state index in [1.807, 2.05) is 32.0 Å². The van der Waals surface area contributed by atoms with Gasteiger partial charge in [0.2, 0.25) is 11.2 Å². The van der Waals surface area contributed by atoms with Crippen LogP contribution in [0.4, 0.5) is 0 Å². The van der Waals surface area contributed by atoms with Gasteiger partial charge in [-0.05, 0) is 75.2 Å². The Kier molecular flexibility index (Phi) is 8.78. The van der Waals surface area contributed by atoms with Gasteiger partial charge < -0.3 is 23.9 Å². The van der Waals surface area contributed by atoms with Gasteiger partial charge in [-0.25, -0.2) is 0 Å². The first-order chi connectivity index (χ1) is 15.5. The number of aliphatic hydroxyl groups is 1. The topological polar surface area (TPSA) is 72.1 Å². The van der Waals surface area contributed by atoms with Crippen molar-refractivity contribution in [3.05, 3.63) is 64.0 Å². The predicted molar refractivity (Wildman–Crippen MR) is 132 cm³/mol. The number of nitrogens with zero attached hydrogens (tertiary/aromatic N) is 1. The Morgan fingerprint density at radius 2 is 1.70 bits per heavy atom. The van der Waals surface area contributed by atoms with Crippen molar-refractivity contribution >= 4 is 23.4 Å². The van der Waals surface area contributed by atoms with E-state index in [-0.39, 0.29) is 30.2 Å². The van der Waals surface area contributed by atoms with Crippen molar-refractivity contribution < 1.29 is 19.0 Å². The summed E-state index contributed by atoms with van der Waals surface area (Å²) in [5, 5.41) is 10.8. The lowest BCUT2D eigenvalue weighted by Crippen LogP contribution is -2.36. The minimum absolute atomic E-state index is 0. The fourth-order valence-electron chi connectivity index (χ4n) is 4.23. The summed E-state index contributed by atoms with van der Waals surface area (Å²) in [5.41, 5.74) is 2.30. The van der Waals surface area contributed by atoms with E-state index in [0.717, 1.165) is 24.2 Å². The van der Waals surface area contributed by atoms with Crippen LogP contribution in [0.15, 0.2) is 51.9 Å². The van der Waals surface area contributed by atoms with Crippen LogP contribution in [0, 0.1) is 13.8 Å². The third-order valence-corrected chi connectivity index (χ3v) is 5.75. The molecule has 3 aromatic rings. The van der Waals surface area contributed by atoms with E-state index < -0.39 is 6.10 Å². The zero-order chi connectivity index (χ0) is 22.5. The summed E-state index contributed by atoms with van der Waals surface area (Å²) < 4.78 is 17.2. The number of hydrogen-bond acceptors (Lipinski definition) is 6. The highest BCUT2D eigenvalue weighted by Crippen LogP contribution is 2.25. The maximum Gasteiger partial charge on any atom is 0.235 e. The fourth-order valence-corrected chi connectivity index (χ4v) is 4.23. The molecule has 0 amide bonds. The summed E-state index contributed by atoms with van der Waals surface area (Å²) >= 11 is 0. The third kappa shape index (κ3) is 6.73. The van der Waals surface area contributed by atoms with Gasteiger partial charge in [0.15, 0.2) is 0 Å². The molecule has 1 N–H and O–H groups in total. The molecule has 33 heavy (non-hydrogen) atoms. The quantitative estimate of drug-likeness (QED) is 0.506. The highest BCUT2D eigenvalue weighted by Gasteiger charge is 2.15. The van der Waals surface area contributed by atoms with Crippen LogP contribution in [0.5, 0.6) is 17.2 Å². The largest absolute Gasteiger partial charge is 0.491 e. The number of halogens is 1. The van der Waals surface area contributed by atoms with E-state index in [0.29, 0.717) is 29.0 Å². The lowest BCUT2D eigenvalue weighted by Gasteiger charge is -2.23. The van der Waals surface area contributed by atoms with E-state index in [2.05, 4.69) is 4.90 Å². The molecule has 2 aromatic carbocycles. The van der Waals surface area contributed by atoms with E-state index in [1.165, 1.54) is 31.9 Å². The minimum atomic E-state index is -0.565. The normalized spacial score (nSPS) is 15.5. The molecule has 1 aromatic heterocycles. The average molecular weight is 474 g/mol. The molecule has 0 radical (unpaired) electrons. The number of aryl methyl sites for hydroxylation is 2. The lowest BCUT2D eigenvalue weighted by atomic mass is 10.1. The molecule has 7 heteroatoms. The van der Waals surface area contributed by atoms with Crippen molar-refractivity contribution in [1.82, 2.24) is 4.90 Å². The SMILES string of the molecule is Cc1cc(C)cc(Oc2coc3cc(OCC(O)CN4CCCCCC4)ccc3c2=O)c1.Cl. The molecule has 1 fully saturated rings. The van der Waals surface area contributed by atoms with Crippen molar-refractivity contribution in [2.24, 2.45) is 0 Å². The van der Waals surface area contributed by atoms with Crippen molar-refractivity contribution in [2.75, 3.05) is 26.2 Å². The van der Waals surface area contributed by atoms with Gasteiger partial charge in [-0.1, -0.05) is 18.9 Å². The van der Waals surface area contributed by atoms with E-state index in [4.69, 9.17) is 13.9 Å². The summed E-state index contributed by atoms with van der Waals surface area (Å²) in [6.45, 7) is 6.83. The minimum Gasteiger partial charge on any atom is -0.491 e. The molecular formula is C26H32ClNO5. The van der Waals surface area contributed by atoms with Gasteiger partial charge in [0.05, 0.1) is 5.39 Å². The van der Waals surface area contributed by atoms with Crippen LogP contribution in [0.25, 0.3) is 11.0 Å².